The molecule has 0 bridgehead atoms. The summed E-state index contributed by atoms with van der Waals surface area (Å²) in [5, 5.41) is 0. The minimum Gasteiger partial charge on any atom is -0.293 e. The van der Waals surface area contributed by atoms with E-state index >= 15 is 0 Å². The Labute approximate surface area is 120 Å². The van der Waals surface area contributed by atoms with Crippen LogP contribution in [0.4, 0.5) is 8.78 Å². The van der Waals surface area contributed by atoms with Crippen molar-refractivity contribution in [2.24, 2.45) is 0 Å². The molecule has 102 valence electrons. The second kappa shape index (κ2) is 5.02. The van der Waals surface area contributed by atoms with Crippen molar-refractivity contribution in [3.8, 4) is 0 Å². The Kier molecular flexibility index (Phi) is 3.34. The van der Waals surface area contributed by atoms with Gasteiger partial charge in [-0.2, -0.15) is 0 Å². The normalized spacial score (nSPS) is 17.1. The molecule has 4 heteroatoms. The molecule has 1 aliphatic rings. The Morgan fingerprint density at radius 3 is 2.75 bits per heavy atom. The molecule has 0 aromatic heterocycles. The van der Waals surface area contributed by atoms with Crippen molar-refractivity contribution in [2.45, 2.75) is 17.7 Å². The van der Waals surface area contributed by atoms with Crippen molar-refractivity contribution >= 4 is 17.5 Å². The molecule has 1 unspecified atom stereocenters. The average molecular weight is 290 g/mol. The number of ketones is 1. The molecule has 1 atom stereocenters. The molecule has 0 aliphatic carbocycles. The van der Waals surface area contributed by atoms with E-state index in [1.54, 1.807) is 11.8 Å². The summed E-state index contributed by atoms with van der Waals surface area (Å²) in [6.45, 7) is 1.53. The summed E-state index contributed by atoms with van der Waals surface area (Å²) in [5.74, 6) is -1.94. The van der Waals surface area contributed by atoms with Gasteiger partial charge in [-0.15, -0.1) is 11.8 Å². The number of hydrogen-bond donors (Lipinski definition) is 0. The number of benzene rings is 2. The first-order valence-corrected chi connectivity index (χ1v) is 7.28. The molecule has 1 heterocycles. The molecule has 0 N–H and O–H groups in total. The van der Waals surface area contributed by atoms with Gasteiger partial charge in [0, 0.05) is 10.6 Å². The van der Waals surface area contributed by atoms with Crippen molar-refractivity contribution in [2.75, 3.05) is 5.75 Å². The lowest BCUT2D eigenvalue weighted by molar-refractivity contribution is 0.0960. The SMILES string of the molecule is Cc1ccc(F)c(C(=O)C2CSc3ccccc32)c1F. The molecular formula is C16H12F2OS. The van der Waals surface area contributed by atoms with Crippen LogP contribution in [0.2, 0.25) is 0 Å². The van der Waals surface area contributed by atoms with E-state index in [1.165, 1.54) is 13.0 Å². The minimum atomic E-state index is -0.785. The Balaban J connectivity index is 2.06. The van der Waals surface area contributed by atoms with Crippen molar-refractivity contribution in [3.63, 3.8) is 0 Å². The number of hydrogen-bond acceptors (Lipinski definition) is 2. The number of carbonyl (C=O) groups excluding carboxylic acids is 1. The van der Waals surface area contributed by atoms with Crippen LogP contribution in [-0.2, 0) is 0 Å². The zero-order valence-corrected chi connectivity index (χ0v) is 11.6. The first-order valence-electron chi connectivity index (χ1n) is 6.30. The summed E-state index contributed by atoms with van der Waals surface area (Å²) < 4.78 is 27.9. The topological polar surface area (TPSA) is 17.1 Å². The number of fused-ring (bicyclic) bond motifs is 1. The maximum absolute atomic E-state index is 14.1. The van der Waals surface area contributed by atoms with Gasteiger partial charge >= 0.3 is 0 Å². The summed E-state index contributed by atoms with van der Waals surface area (Å²) in [6.07, 6.45) is 0. The van der Waals surface area contributed by atoms with Gasteiger partial charge in [-0.3, -0.25) is 4.79 Å². The Bertz CT molecular complexity index is 697. The van der Waals surface area contributed by atoms with E-state index in [4.69, 9.17) is 0 Å². The molecule has 20 heavy (non-hydrogen) atoms. The highest BCUT2D eigenvalue weighted by molar-refractivity contribution is 7.99. The Hall–Kier alpha value is -1.68. The van der Waals surface area contributed by atoms with Crippen molar-refractivity contribution in [1.29, 1.82) is 0 Å². The third kappa shape index (κ3) is 2.04. The van der Waals surface area contributed by atoms with E-state index in [0.29, 0.717) is 5.75 Å². The lowest BCUT2D eigenvalue weighted by atomic mass is 9.91. The highest BCUT2D eigenvalue weighted by Crippen LogP contribution is 2.41. The van der Waals surface area contributed by atoms with Crippen LogP contribution in [0, 0.1) is 18.6 Å². The first-order chi connectivity index (χ1) is 9.59. The third-order valence-electron chi connectivity index (χ3n) is 3.55. The molecule has 0 amide bonds. The number of aryl methyl sites for hydroxylation is 1. The lowest BCUT2D eigenvalue weighted by Crippen LogP contribution is -2.16. The van der Waals surface area contributed by atoms with Crippen LogP contribution in [-0.4, -0.2) is 11.5 Å². The number of Topliss-reactive ketones (excluding diaryl/α,β-unsaturated/α-hetero) is 1. The van der Waals surface area contributed by atoms with Crippen LogP contribution in [0.25, 0.3) is 0 Å². The van der Waals surface area contributed by atoms with Crippen LogP contribution in [0.1, 0.15) is 27.4 Å². The predicted molar refractivity (Wildman–Crippen MR) is 75.3 cm³/mol. The fraction of sp³-hybridized carbons (Fsp3) is 0.188. The second-order valence-corrected chi connectivity index (χ2v) is 5.88. The van der Waals surface area contributed by atoms with E-state index < -0.39 is 28.9 Å². The summed E-state index contributed by atoms with van der Waals surface area (Å²) in [6, 6.07) is 10.0. The van der Waals surface area contributed by atoms with Gasteiger partial charge in [0.1, 0.15) is 11.6 Å². The Morgan fingerprint density at radius 2 is 1.95 bits per heavy atom. The summed E-state index contributed by atoms with van der Waals surface area (Å²) in [5.41, 5.74) is 0.740. The van der Waals surface area contributed by atoms with Crippen LogP contribution < -0.4 is 0 Å². The summed E-state index contributed by atoms with van der Waals surface area (Å²) in [7, 11) is 0. The molecule has 1 aliphatic heterocycles. The van der Waals surface area contributed by atoms with Gasteiger partial charge in [-0.05, 0) is 30.2 Å². The maximum Gasteiger partial charge on any atom is 0.177 e. The molecule has 0 saturated carbocycles. The predicted octanol–water partition coefficient (Wildman–Crippen LogP) is 4.35. The van der Waals surface area contributed by atoms with E-state index in [1.807, 2.05) is 24.3 Å². The molecule has 0 fully saturated rings. The maximum atomic E-state index is 14.1. The number of halogens is 2. The standard InChI is InChI=1S/C16H12F2OS/c1-9-6-7-12(17)14(15(9)18)16(19)11-8-20-13-5-3-2-4-10(11)13/h2-7,11H,8H2,1H3. The first kappa shape index (κ1) is 13.3. The zero-order valence-electron chi connectivity index (χ0n) is 10.8. The highest BCUT2D eigenvalue weighted by Gasteiger charge is 2.33. The average Bonchev–Trinajstić information content (AvgIpc) is 2.87. The zero-order chi connectivity index (χ0) is 14.3. The fourth-order valence-electron chi connectivity index (χ4n) is 2.44. The van der Waals surface area contributed by atoms with Gasteiger partial charge < -0.3 is 0 Å². The third-order valence-corrected chi connectivity index (χ3v) is 4.73. The quantitative estimate of drug-likeness (QED) is 0.765. The van der Waals surface area contributed by atoms with E-state index in [-0.39, 0.29) is 5.56 Å². The molecule has 0 radical (unpaired) electrons. The molecule has 0 saturated heterocycles. The number of thioether (sulfide) groups is 1. The van der Waals surface area contributed by atoms with Gasteiger partial charge in [0.05, 0.1) is 11.5 Å². The molecule has 3 rings (SSSR count). The Morgan fingerprint density at radius 1 is 1.20 bits per heavy atom. The molecule has 1 nitrogen and oxygen atoms in total. The van der Waals surface area contributed by atoms with Crippen molar-refractivity contribution in [1.82, 2.24) is 0 Å². The van der Waals surface area contributed by atoms with Gasteiger partial charge in [0.25, 0.3) is 0 Å². The lowest BCUT2D eigenvalue weighted by Gasteiger charge is -2.12. The van der Waals surface area contributed by atoms with Crippen LogP contribution in [0.3, 0.4) is 0 Å². The monoisotopic (exact) mass is 290 g/mol. The van der Waals surface area contributed by atoms with Crippen LogP contribution in [0.5, 0.6) is 0 Å². The van der Waals surface area contributed by atoms with Gasteiger partial charge in [-0.1, -0.05) is 24.3 Å². The number of rotatable bonds is 2. The molecule has 2 aromatic carbocycles. The van der Waals surface area contributed by atoms with Gasteiger partial charge in [0.15, 0.2) is 5.78 Å². The van der Waals surface area contributed by atoms with Crippen molar-refractivity contribution in [3.05, 3.63) is 64.7 Å². The van der Waals surface area contributed by atoms with Crippen LogP contribution >= 0.6 is 11.8 Å². The van der Waals surface area contributed by atoms with Crippen molar-refractivity contribution < 1.29 is 13.6 Å². The highest BCUT2D eigenvalue weighted by atomic mass is 32.2. The van der Waals surface area contributed by atoms with E-state index in [9.17, 15) is 13.6 Å². The number of carbonyl (C=O) groups is 1. The largest absolute Gasteiger partial charge is 0.293 e. The fourth-order valence-corrected chi connectivity index (χ4v) is 3.67. The van der Waals surface area contributed by atoms with E-state index in [2.05, 4.69) is 0 Å². The molecule has 0 spiro atoms. The van der Waals surface area contributed by atoms with Gasteiger partial charge in [-0.25, -0.2) is 8.78 Å². The summed E-state index contributed by atoms with van der Waals surface area (Å²) >= 11 is 1.55. The smallest absolute Gasteiger partial charge is 0.177 e. The molecule has 2 aromatic rings. The summed E-state index contributed by atoms with van der Waals surface area (Å²) in [4.78, 5) is 13.5. The second-order valence-electron chi connectivity index (χ2n) is 4.82. The van der Waals surface area contributed by atoms with Crippen LogP contribution in [0.15, 0.2) is 41.3 Å². The molecular weight excluding hydrogens is 278 g/mol. The van der Waals surface area contributed by atoms with Gasteiger partial charge in [0.2, 0.25) is 0 Å². The van der Waals surface area contributed by atoms with E-state index in [0.717, 1.165) is 16.5 Å². The minimum absolute atomic E-state index is 0.286.